The molecule has 50 valence electrons. The number of hydrogen-bond acceptors (Lipinski definition) is 3. The van der Waals surface area contributed by atoms with Gasteiger partial charge in [-0.15, -0.1) is 0 Å². The van der Waals surface area contributed by atoms with E-state index in [2.05, 4.69) is 13.8 Å². The van der Waals surface area contributed by atoms with Gasteiger partial charge in [-0.25, -0.2) is 0 Å². The van der Waals surface area contributed by atoms with Crippen LogP contribution in [0.3, 0.4) is 0 Å². The van der Waals surface area contributed by atoms with Gasteiger partial charge >= 0.3 is 0 Å². The van der Waals surface area contributed by atoms with Crippen molar-refractivity contribution in [2.75, 3.05) is 7.11 Å². The third-order valence-electron chi connectivity index (χ3n) is 0. The first-order valence-corrected chi connectivity index (χ1v) is 1.86. The highest BCUT2D eigenvalue weighted by molar-refractivity contribution is 3.92. The van der Waals surface area contributed by atoms with Crippen LogP contribution in [0.1, 0.15) is 20.3 Å². The van der Waals surface area contributed by atoms with E-state index in [0.717, 1.165) is 7.11 Å². The van der Waals surface area contributed by atoms with Gasteiger partial charge in [-0.1, -0.05) is 20.3 Å². The van der Waals surface area contributed by atoms with Crippen molar-refractivity contribution in [3.05, 3.63) is 0 Å². The second-order valence-electron chi connectivity index (χ2n) is 0.707. The molecule has 0 radical (unpaired) electrons. The van der Waals surface area contributed by atoms with Gasteiger partial charge in [0.2, 0.25) is 0 Å². The smallest absolute Gasteiger partial charge is 0.0319 e. The SMILES string of the molecule is CCC.CO.N.N. The standard InChI is InChI=1S/C3H8.CH4O.2H3N/c1-3-2;1-2;;/h3H2,1-2H3;2H,1H3;2*1H3. The summed E-state index contributed by atoms with van der Waals surface area (Å²) in [6.07, 6.45) is 1.25. The number of aliphatic hydroxyl groups is 1. The fourth-order valence-electron chi connectivity index (χ4n) is 0. The van der Waals surface area contributed by atoms with Crippen LogP contribution in [0.4, 0.5) is 0 Å². The summed E-state index contributed by atoms with van der Waals surface area (Å²) in [6.45, 7) is 4.25. The van der Waals surface area contributed by atoms with Crippen LogP contribution in [0.15, 0.2) is 0 Å². The molecular weight excluding hydrogens is 92.1 g/mol. The molecule has 0 saturated heterocycles. The maximum Gasteiger partial charge on any atom is 0.0319 e. The highest BCUT2D eigenvalue weighted by Crippen LogP contribution is 1.56. The van der Waals surface area contributed by atoms with Gasteiger partial charge in [-0.2, -0.15) is 0 Å². The lowest BCUT2D eigenvalue weighted by Gasteiger charge is -1.48. The average molecular weight is 110 g/mol. The van der Waals surface area contributed by atoms with E-state index in [1.54, 1.807) is 0 Å². The molecule has 0 rings (SSSR count). The first kappa shape index (κ1) is 28.7. The van der Waals surface area contributed by atoms with E-state index in [-0.39, 0.29) is 12.3 Å². The highest BCUT2D eigenvalue weighted by atomic mass is 16.2. The molecule has 3 heteroatoms. The first-order chi connectivity index (χ1) is 2.41. The maximum absolute atomic E-state index is 7.00. The van der Waals surface area contributed by atoms with Crippen molar-refractivity contribution in [2.24, 2.45) is 0 Å². The summed E-state index contributed by atoms with van der Waals surface area (Å²) in [6, 6.07) is 0. The van der Waals surface area contributed by atoms with Crippen LogP contribution in [-0.4, -0.2) is 12.2 Å². The van der Waals surface area contributed by atoms with Gasteiger partial charge in [0, 0.05) is 7.11 Å². The molecule has 7 N–H and O–H groups in total. The van der Waals surface area contributed by atoms with Crippen molar-refractivity contribution in [2.45, 2.75) is 20.3 Å². The molecule has 0 saturated carbocycles. The van der Waals surface area contributed by atoms with Crippen LogP contribution in [0, 0.1) is 0 Å². The van der Waals surface area contributed by atoms with Crippen LogP contribution in [-0.2, 0) is 0 Å². The Balaban J connectivity index is -0.0000000105. The molecule has 0 aliphatic heterocycles. The highest BCUT2D eigenvalue weighted by Gasteiger charge is 1.35. The molecule has 0 aliphatic rings. The van der Waals surface area contributed by atoms with Gasteiger partial charge in [0.15, 0.2) is 0 Å². The summed E-state index contributed by atoms with van der Waals surface area (Å²) in [5.41, 5.74) is 0. The fraction of sp³-hybridized carbons (Fsp3) is 1.00. The monoisotopic (exact) mass is 110 g/mol. The Morgan fingerprint density at radius 2 is 1.00 bits per heavy atom. The topological polar surface area (TPSA) is 90.2 Å². The summed E-state index contributed by atoms with van der Waals surface area (Å²) in [5.74, 6) is 0. The lowest BCUT2D eigenvalue weighted by molar-refractivity contribution is 0.399. The zero-order valence-electron chi connectivity index (χ0n) is 5.57. The van der Waals surface area contributed by atoms with Crippen LogP contribution in [0.25, 0.3) is 0 Å². The van der Waals surface area contributed by atoms with E-state index in [4.69, 9.17) is 5.11 Å². The van der Waals surface area contributed by atoms with Crippen molar-refractivity contribution in [1.29, 1.82) is 0 Å². The predicted octanol–water partition coefficient (Wildman–Crippen LogP) is 1.35. The molecule has 0 aromatic heterocycles. The largest absolute Gasteiger partial charge is 0.400 e. The number of rotatable bonds is 0. The molecule has 0 fully saturated rings. The van der Waals surface area contributed by atoms with Crippen molar-refractivity contribution in [1.82, 2.24) is 12.3 Å². The molecule has 0 bridgehead atoms. The lowest BCUT2D eigenvalue weighted by Crippen LogP contribution is -1.27. The van der Waals surface area contributed by atoms with Gasteiger partial charge in [0.05, 0.1) is 0 Å². The molecule has 0 aromatic carbocycles. The minimum absolute atomic E-state index is 0. The Morgan fingerprint density at radius 1 is 1.00 bits per heavy atom. The molecule has 0 spiro atoms. The Hall–Kier alpha value is -0.120. The molecule has 0 unspecified atom stereocenters. The van der Waals surface area contributed by atoms with Gasteiger partial charge < -0.3 is 17.4 Å². The zero-order valence-corrected chi connectivity index (χ0v) is 5.57. The van der Waals surface area contributed by atoms with E-state index >= 15 is 0 Å². The van der Waals surface area contributed by atoms with E-state index < -0.39 is 0 Å². The predicted molar refractivity (Wildman–Crippen MR) is 34.2 cm³/mol. The second-order valence-corrected chi connectivity index (χ2v) is 0.707. The molecule has 7 heavy (non-hydrogen) atoms. The van der Waals surface area contributed by atoms with Crippen LogP contribution in [0.5, 0.6) is 0 Å². The van der Waals surface area contributed by atoms with E-state index in [0.29, 0.717) is 0 Å². The average Bonchev–Trinajstić information content (AvgIpc) is 1.46. The van der Waals surface area contributed by atoms with Crippen molar-refractivity contribution >= 4 is 0 Å². The van der Waals surface area contributed by atoms with Crippen molar-refractivity contribution in [3.8, 4) is 0 Å². The molecule has 3 nitrogen and oxygen atoms in total. The Kier molecular flexibility index (Phi) is 741. The normalized spacial score (nSPS) is 3.43. The third-order valence-corrected chi connectivity index (χ3v) is 0. The van der Waals surface area contributed by atoms with Crippen LogP contribution < -0.4 is 12.3 Å². The van der Waals surface area contributed by atoms with Crippen molar-refractivity contribution < 1.29 is 5.11 Å². The Morgan fingerprint density at radius 3 is 1.00 bits per heavy atom. The Labute approximate surface area is 45.9 Å². The van der Waals surface area contributed by atoms with Crippen LogP contribution >= 0.6 is 0 Å². The molecule has 0 aromatic rings. The number of hydrogen-bond donors (Lipinski definition) is 3. The molecule has 0 amide bonds. The lowest BCUT2D eigenvalue weighted by atomic mass is 10.6. The van der Waals surface area contributed by atoms with Gasteiger partial charge in [-0.3, -0.25) is 0 Å². The minimum Gasteiger partial charge on any atom is -0.400 e. The van der Waals surface area contributed by atoms with E-state index in [1.807, 2.05) is 0 Å². The number of aliphatic hydroxyl groups excluding tert-OH is 1. The van der Waals surface area contributed by atoms with Crippen LogP contribution in [0.2, 0.25) is 0 Å². The molecular formula is C4H18N2O. The van der Waals surface area contributed by atoms with Gasteiger partial charge in [0.25, 0.3) is 0 Å². The summed E-state index contributed by atoms with van der Waals surface area (Å²) >= 11 is 0. The third kappa shape index (κ3) is 6150. The zero-order chi connectivity index (χ0) is 4.71. The quantitative estimate of drug-likeness (QED) is 0.439. The van der Waals surface area contributed by atoms with Gasteiger partial charge in [0.1, 0.15) is 0 Å². The fourth-order valence-corrected chi connectivity index (χ4v) is 0. The van der Waals surface area contributed by atoms with E-state index in [1.165, 1.54) is 6.42 Å². The second kappa shape index (κ2) is 181. The molecule has 0 atom stereocenters. The Bertz CT molecular complexity index is 9.65. The van der Waals surface area contributed by atoms with Crippen molar-refractivity contribution in [3.63, 3.8) is 0 Å². The summed E-state index contributed by atoms with van der Waals surface area (Å²) in [5, 5.41) is 7.00. The maximum atomic E-state index is 7.00. The molecule has 0 aliphatic carbocycles. The van der Waals surface area contributed by atoms with Gasteiger partial charge in [-0.05, 0) is 0 Å². The minimum atomic E-state index is 0. The first-order valence-electron chi connectivity index (χ1n) is 1.86. The summed E-state index contributed by atoms with van der Waals surface area (Å²) < 4.78 is 0. The summed E-state index contributed by atoms with van der Waals surface area (Å²) in [4.78, 5) is 0. The summed E-state index contributed by atoms with van der Waals surface area (Å²) in [7, 11) is 1.00. The van der Waals surface area contributed by atoms with E-state index in [9.17, 15) is 0 Å². The molecule has 0 heterocycles.